The summed E-state index contributed by atoms with van der Waals surface area (Å²) in [7, 11) is 1.62. The molecule has 20 heavy (non-hydrogen) atoms. The summed E-state index contributed by atoms with van der Waals surface area (Å²) >= 11 is 5.93. The average molecular weight is 295 g/mol. The molecule has 1 unspecified atom stereocenters. The van der Waals surface area contributed by atoms with Crippen LogP contribution in [0.1, 0.15) is 18.9 Å². The van der Waals surface area contributed by atoms with Gasteiger partial charge in [-0.05, 0) is 24.1 Å². The van der Waals surface area contributed by atoms with Crippen LogP contribution in [0.4, 0.5) is 5.69 Å². The van der Waals surface area contributed by atoms with Crippen LogP contribution < -0.4 is 11.1 Å². The van der Waals surface area contributed by atoms with Crippen LogP contribution in [0, 0.1) is 17.8 Å². The number of rotatable bonds is 5. The third kappa shape index (κ3) is 5.62. The molecule has 0 heterocycles. The van der Waals surface area contributed by atoms with Crippen molar-refractivity contribution in [2.75, 3.05) is 25.6 Å². The van der Waals surface area contributed by atoms with Crippen LogP contribution in [0.3, 0.4) is 0 Å². The Morgan fingerprint density at radius 1 is 1.55 bits per heavy atom. The molecule has 1 atom stereocenters. The predicted molar refractivity (Wildman–Crippen MR) is 81.7 cm³/mol. The van der Waals surface area contributed by atoms with E-state index in [1.165, 1.54) is 0 Å². The largest absolute Gasteiger partial charge is 0.384 e. The third-order valence-electron chi connectivity index (χ3n) is 2.57. The normalized spacial score (nSPS) is 11.4. The lowest BCUT2D eigenvalue weighted by atomic mass is 10.1. The van der Waals surface area contributed by atoms with Crippen LogP contribution in [0.15, 0.2) is 18.2 Å². The van der Waals surface area contributed by atoms with Crippen LogP contribution in [0.25, 0.3) is 0 Å². The zero-order valence-electron chi connectivity index (χ0n) is 11.7. The van der Waals surface area contributed by atoms with E-state index in [0.29, 0.717) is 29.3 Å². The minimum Gasteiger partial charge on any atom is -0.384 e. The van der Waals surface area contributed by atoms with Gasteiger partial charge in [0.15, 0.2) is 0 Å². The lowest BCUT2D eigenvalue weighted by molar-refractivity contribution is -0.117. The number of hydrogen-bond acceptors (Lipinski definition) is 3. The minimum atomic E-state index is -0.0762. The third-order valence-corrected chi connectivity index (χ3v) is 2.80. The van der Waals surface area contributed by atoms with Gasteiger partial charge in [-0.25, -0.2) is 0 Å². The molecule has 108 valence electrons. The Balaban J connectivity index is 2.78. The molecule has 0 aliphatic rings. The molecule has 0 aliphatic carbocycles. The molecule has 3 N–H and O–H groups in total. The maximum absolute atomic E-state index is 11.9. The van der Waals surface area contributed by atoms with Gasteiger partial charge in [-0.2, -0.15) is 0 Å². The predicted octanol–water partition coefficient (Wildman–Crippen LogP) is 2.26. The highest BCUT2D eigenvalue weighted by Gasteiger charge is 2.11. The Bertz CT molecular complexity index is 520. The number of amides is 1. The van der Waals surface area contributed by atoms with E-state index in [2.05, 4.69) is 17.2 Å². The summed E-state index contributed by atoms with van der Waals surface area (Å²) in [6.45, 7) is 2.76. The molecule has 0 radical (unpaired) electrons. The number of nitrogens with one attached hydrogen (secondary N) is 1. The van der Waals surface area contributed by atoms with E-state index < -0.39 is 0 Å². The second-order valence-corrected chi connectivity index (χ2v) is 4.95. The summed E-state index contributed by atoms with van der Waals surface area (Å²) in [5, 5.41) is 3.41. The Morgan fingerprint density at radius 3 is 2.95 bits per heavy atom. The first kappa shape index (κ1) is 16.5. The first-order valence-electron chi connectivity index (χ1n) is 6.34. The first-order chi connectivity index (χ1) is 9.56. The number of hydrogen-bond donors (Lipinski definition) is 2. The van der Waals surface area contributed by atoms with Crippen LogP contribution in [-0.2, 0) is 9.53 Å². The maximum atomic E-state index is 11.9. The zero-order valence-corrected chi connectivity index (χ0v) is 12.5. The van der Waals surface area contributed by atoms with Crippen LogP contribution in [0.5, 0.6) is 0 Å². The number of nitrogens with two attached hydrogens (primary N) is 1. The summed E-state index contributed by atoms with van der Waals surface area (Å²) in [5.74, 6) is 5.74. The molecule has 0 aromatic heterocycles. The lowest BCUT2D eigenvalue weighted by Gasteiger charge is -2.11. The second-order valence-electron chi connectivity index (χ2n) is 4.51. The topological polar surface area (TPSA) is 64.3 Å². The van der Waals surface area contributed by atoms with Gasteiger partial charge in [0.2, 0.25) is 5.91 Å². The van der Waals surface area contributed by atoms with E-state index in [4.69, 9.17) is 22.1 Å². The minimum absolute atomic E-state index is 0.0762. The molecular weight excluding hydrogens is 276 g/mol. The van der Waals surface area contributed by atoms with E-state index in [-0.39, 0.29) is 18.4 Å². The fraction of sp³-hybridized carbons (Fsp3) is 0.400. The van der Waals surface area contributed by atoms with Crippen molar-refractivity contribution in [2.24, 2.45) is 11.7 Å². The number of carbonyl (C=O) groups is 1. The number of methoxy groups -OCH3 is 1. The second kappa shape index (κ2) is 8.60. The Hall–Kier alpha value is -1.54. The highest BCUT2D eigenvalue weighted by Crippen LogP contribution is 2.20. The smallest absolute Gasteiger partial charge is 0.224 e. The van der Waals surface area contributed by atoms with Gasteiger partial charge in [-0.15, -0.1) is 0 Å². The van der Waals surface area contributed by atoms with Gasteiger partial charge in [0.05, 0.1) is 12.2 Å². The highest BCUT2D eigenvalue weighted by atomic mass is 35.5. The van der Waals surface area contributed by atoms with Crippen molar-refractivity contribution in [1.82, 2.24) is 0 Å². The molecule has 0 bridgehead atoms. The average Bonchev–Trinajstić information content (AvgIpc) is 2.39. The number of halogens is 1. The molecule has 0 fully saturated rings. The van der Waals surface area contributed by atoms with E-state index in [0.717, 1.165) is 0 Å². The van der Waals surface area contributed by atoms with Crippen molar-refractivity contribution >= 4 is 23.2 Å². The molecule has 1 rings (SSSR count). The van der Waals surface area contributed by atoms with Gasteiger partial charge in [-0.3, -0.25) is 4.79 Å². The van der Waals surface area contributed by atoms with E-state index >= 15 is 0 Å². The van der Waals surface area contributed by atoms with Crippen molar-refractivity contribution in [3.8, 4) is 11.8 Å². The lowest BCUT2D eigenvalue weighted by Crippen LogP contribution is -2.18. The quantitative estimate of drug-likeness (QED) is 0.819. The Kier molecular flexibility index (Phi) is 7.10. The molecule has 4 nitrogen and oxygen atoms in total. The molecule has 0 spiro atoms. The first-order valence-corrected chi connectivity index (χ1v) is 6.72. The van der Waals surface area contributed by atoms with Crippen molar-refractivity contribution in [1.29, 1.82) is 0 Å². The van der Waals surface area contributed by atoms with Gasteiger partial charge in [-0.1, -0.05) is 30.4 Å². The molecule has 1 aromatic rings. The monoisotopic (exact) mass is 294 g/mol. The fourth-order valence-electron chi connectivity index (χ4n) is 1.74. The SMILES string of the molecule is COCC(C)CC(=O)Nc1ccc(Cl)cc1C#CCN. The summed E-state index contributed by atoms with van der Waals surface area (Å²) < 4.78 is 5.01. The Morgan fingerprint density at radius 2 is 2.30 bits per heavy atom. The molecule has 1 amide bonds. The Labute approximate surface area is 124 Å². The van der Waals surface area contributed by atoms with Crippen molar-refractivity contribution < 1.29 is 9.53 Å². The highest BCUT2D eigenvalue weighted by molar-refractivity contribution is 6.30. The summed E-state index contributed by atoms with van der Waals surface area (Å²) in [6.07, 6.45) is 0.389. The summed E-state index contributed by atoms with van der Waals surface area (Å²) in [5.41, 5.74) is 6.66. The molecule has 0 aliphatic heterocycles. The number of ether oxygens (including phenoxy) is 1. The van der Waals surface area contributed by atoms with E-state index in [9.17, 15) is 4.79 Å². The number of carbonyl (C=O) groups excluding carboxylic acids is 1. The van der Waals surface area contributed by atoms with Crippen LogP contribution in [-0.4, -0.2) is 26.2 Å². The standard InChI is InChI=1S/C15H19ClN2O2/c1-11(10-20-2)8-15(19)18-14-6-5-13(16)9-12(14)4-3-7-17/h5-6,9,11H,7-8,10,17H2,1-2H3,(H,18,19). The molecular formula is C15H19ClN2O2. The van der Waals surface area contributed by atoms with Crippen molar-refractivity contribution in [3.63, 3.8) is 0 Å². The molecule has 1 aromatic carbocycles. The number of benzene rings is 1. The van der Waals surface area contributed by atoms with Crippen molar-refractivity contribution in [3.05, 3.63) is 28.8 Å². The van der Waals surface area contributed by atoms with Crippen LogP contribution in [0.2, 0.25) is 5.02 Å². The van der Waals surface area contributed by atoms with Gasteiger partial charge < -0.3 is 15.8 Å². The van der Waals surface area contributed by atoms with E-state index in [1.807, 2.05) is 6.92 Å². The fourth-order valence-corrected chi connectivity index (χ4v) is 1.91. The summed E-state index contributed by atoms with van der Waals surface area (Å²) in [4.78, 5) is 11.9. The number of anilines is 1. The van der Waals surface area contributed by atoms with Gasteiger partial charge in [0.25, 0.3) is 0 Å². The molecule has 5 heteroatoms. The molecule has 0 saturated carbocycles. The van der Waals surface area contributed by atoms with Gasteiger partial charge >= 0.3 is 0 Å². The van der Waals surface area contributed by atoms with Gasteiger partial charge in [0, 0.05) is 30.7 Å². The van der Waals surface area contributed by atoms with E-state index in [1.54, 1.807) is 25.3 Å². The molecule has 0 saturated heterocycles. The zero-order chi connectivity index (χ0) is 15.0. The maximum Gasteiger partial charge on any atom is 0.224 e. The summed E-state index contributed by atoms with van der Waals surface area (Å²) in [6, 6.07) is 5.16. The van der Waals surface area contributed by atoms with Gasteiger partial charge in [0.1, 0.15) is 0 Å². The van der Waals surface area contributed by atoms with Crippen molar-refractivity contribution in [2.45, 2.75) is 13.3 Å². The van der Waals surface area contributed by atoms with Crippen LogP contribution >= 0.6 is 11.6 Å².